The van der Waals surface area contributed by atoms with Crippen LogP contribution in [0, 0.1) is 0 Å². The number of amides is 1. The van der Waals surface area contributed by atoms with Gasteiger partial charge in [-0.05, 0) is 42.5 Å². The van der Waals surface area contributed by atoms with Crippen LogP contribution in [0.3, 0.4) is 0 Å². The van der Waals surface area contributed by atoms with Crippen LogP contribution in [0.5, 0.6) is 11.5 Å². The van der Waals surface area contributed by atoms with E-state index in [4.69, 9.17) is 25.5 Å². The molecule has 0 fully saturated rings. The molecule has 2 heterocycles. The fourth-order valence-electron chi connectivity index (χ4n) is 2.82. The average Bonchev–Trinajstić information content (AvgIpc) is 3.41. The van der Waals surface area contributed by atoms with E-state index in [9.17, 15) is 14.7 Å². The Labute approximate surface area is 181 Å². The van der Waals surface area contributed by atoms with E-state index < -0.39 is 5.97 Å². The Hall–Kier alpha value is -3.98. The maximum Gasteiger partial charge on any atom is 0.337 e. The fraction of sp³-hybridized carbons (Fsp3) is 0.0952. The number of rotatable bonds is 7. The first-order chi connectivity index (χ1) is 15.0. The second-order valence-corrected chi connectivity index (χ2v) is 6.82. The molecule has 0 spiro atoms. The number of anilines is 1. The highest BCUT2D eigenvalue weighted by atomic mass is 35.5. The predicted octanol–water partition coefficient (Wildman–Crippen LogP) is 3.59. The van der Waals surface area contributed by atoms with E-state index in [0.717, 1.165) is 0 Å². The number of hydrogen-bond donors (Lipinski definition) is 3. The van der Waals surface area contributed by atoms with Crippen LogP contribution in [-0.2, 0) is 4.79 Å². The van der Waals surface area contributed by atoms with Crippen LogP contribution in [-0.4, -0.2) is 36.5 Å². The van der Waals surface area contributed by atoms with Gasteiger partial charge < -0.3 is 24.3 Å². The molecule has 158 valence electrons. The number of hydrazone groups is 1. The van der Waals surface area contributed by atoms with Gasteiger partial charge in [0.15, 0.2) is 11.5 Å². The lowest BCUT2D eigenvalue weighted by atomic mass is 10.1. The van der Waals surface area contributed by atoms with E-state index in [-0.39, 0.29) is 29.8 Å². The van der Waals surface area contributed by atoms with E-state index >= 15 is 0 Å². The van der Waals surface area contributed by atoms with Crippen molar-refractivity contribution in [1.82, 2.24) is 5.43 Å². The number of hydrogen-bond acceptors (Lipinski definition) is 7. The number of carboxylic acids is 1. The van der Waals surface area contributed by atoms with Crippen molar-refractivity contribution >= 4 is 35.4 Å². The van der Waals surface area contributed by atoms with Crippen LogP contribution in [0.1, 0.15) is 16.1 Å². The summed E-state index contributed by atoms with van der Waals surface area (Å²) in [4.78, 5) is 23.2. The van der Waals surface area contributed by atoms with Gasteiger partial charge >= 0.3 is 5.97 Å². The number of nitrogens with zero attached hydrogens (tertiary/aromatic N) is 1. The first kappa shape index (κ1) is 20.3. The average molecular weight is 442 g/mol. The van der Waals surface area contributed by atoms with Crippen molar-refractivity contribution in [2.75, 3.05) is 18.7 Å². The molecule has 2 aromatic carbocycles. The second kappa shape index (κ2) is 8.80. The van der Waals surface area contributed by atoms with Crippen molar-refractivity contribution in [1.29, 1.82) is 0 Å². The Morgan fingerprint density at radius 2 is 1.94 bits per heavy atom. The van der Waals surface area contributed by atoms with Gasteiger partial charge in [-0.1, -0.05) is 11.6 Å². The summed E-state index contributed by atoms with van der Waals surface area (Å²) in [6.45, 7) is 0.185. The van der Waals surface area contributed by atoms with E-state index in [2.05, 4.69) is 15.8 Å². The molecule has 4 rings (SSSR count). The minimum atomic E-state index is -1.13. The van der Waals surface area contributed by atoms with Crippen molar-refractivity contribution in [2.45, 2.75) is 0 Å². The summed E-state index contributed by atoms with van der Waals surface area (Å²) in [5.41, 5.74) is 3.64. The molecule has 1 aliphatic heterocycles. The molecule has 0 aliphatic carbocycles. The molecule has 0 radical (unpaired) electrons. The van der Waals surface area contributed by atoms with E-state index in [1.165, 1.54) is 18.3 Å². The zero-order chi connectivity index (χ0) is 21.8. The fourth-order valence-corrected chi connectivity index (χ4v) is 3.01. The van der Waals surface area contributed by atoms with Crippen LogP contribution in [0.25, 0.3) is 11.3 Å². The summed E-state index contributed by atoms with van der Waals surface area (Å²) in [6.07, 6.45) is 1.34. The Bertz CT molecular complexity index is 1170. The number of benzene rings is 2. The molecule has 0 saturated heterocycles. The molecule has 3 aromatic rings. The van der Waals surface area contributed by atoms with Gasteiger partial charge in [0.1, 0.15) is 11.5 Å². The Morgan fingerprint density at radius 3 is 2.77 bits per heavy atom. The number of furan rings is 1. The summed E-state index contributed by atoms with van der Waals surface area (Å²) < 4.78 is 16.1. The molecule has 1 aromatic heterocycles. The monoisotopic (exact) mass is 441 g/mol. The quantitative estimate of drug-likeness (QED) is 0.378. The molecule has 9 nitrogen and oxygen atoms in total. The first-order valence-electron chi connectivity index (χ1n) is 9.08. The topological polar surface area (TPSA) is 122 Å². The minimum absolute atomic E-state index is 0.00310. The van der Waals surface area contributed by atoms with Gasteiger partial charge in [0.05, 0.1) is 23.3 Å². The maximum absolute atomic E-state index is 12.0. The van der Waals surface area contributed by atoms with Crippen molar-refractivity contribution in [3.63, 3.8) is 0 Å². The number of nitrogens with one attached hydrogen (secondary N) is 2. The van der Waals surface area contributed by atoms with Crippen molar-refractivity contribution in [3.8, 4) is 22.8 Å². The highest BCUT2D eigenvalue weighted by Gasteiger charge is 2.14. The zero-order valence-corrected chi connectivity index (χ0v) is 16.7. The predicted molar refractivity (Wildman–Crippen MR) is 113 cm³/mol. The summed E-state index contributed by atoms with van der Waals surface area (Å²) in [5, 5.41) is 16.1. The van der Waals surface area contributed by atoms with Gasteiger partial charge in [0.2, 0.25) is 6.79 Å². The standard InChI is InChI=1S/C21H16ClN3O6/c22-16-4-1-12(7-15(16)21(27)28)17-6-3-14(31-17)9-24-25-20(26)10-23-13-2-5-18-19(8-13)30-11-29-18/h1-9,23H,10-11H2,(H,25,26)(H,27,28)/b24-9-. The Balaban J connectivity index is 1.31. The SMILES string of the molecule is O=C(CNc1ccc2c(c1)OCO2)N/N=C\c1ccc(-c2ccc(Cl)c(C(=O)O)c2)o1. The molecule has 0 unspecified atom stereocenters. The summed E-state index contributed by atoms with van der Waals surface area (Å²) >= 11 is 5.88. The van der Waals surface area contributed by atoms with Crippen LogP contribution in [0.2, 0.25) is 5.02 Å². The molecule has 1 aliphatic rings. The number of ether oxygens (including phenoxy) is 2. The summed E-state index contributed by atoms with van der Waals surface area (Å²) in [7, 11) is 0. The van der Waals surface area contributed by atoms with Crippen molar-refractivity contribution in [2.24, 2.45) is 5.10 Å². The third kappa shape index (κ3) is 4.78. The van der Waals surface area contributed by atoms with Gasteiger partial charge in [0.25, 0.3) is 5.91 Å². The molecule has 1 amide bonds. The molecule has 0 atom stereocenters. The summed E-state index contributed by atoms with van der Waals surface area (Å²) in [6, 6.07) is 13.2. The third-order valence-corrected chi connectivity index (χ3v) is 4.64. The van der Waals surface area contributed by atoms with E-state index in [0.29, 0.717) is 34.3 Å². The summed E-state index contributed by atoms with van der Waals surface area (Å²) in [5.74, 6) is 0.618. The molecule has 10 heteroatoms. The van der Waals surface area contributed by atoms with Gasteiger partial charge in [0, 0.05) is 17.3 Å². The third-order valence-electron chi connectivity index (χ3n) is 4.31. The lowest BCUT2D eigenvalue weighted by Gasteiger charge is -2.06. The molecule has 31 heavy (non-hydrogen) atoms. The molecule has 3 N–H and O–H groups in total. The Morgan fingerprint density at radius 1 is 1.10 bits per heavy atom. The van der Waals surface area contributed by atoms with Gasteiger partial charge in [-0.15, -0.1) is 0 Å². The lowest BCUT2D eigenvalue weighted by molar-refractivity contribution is -0.119. The van der Waals surface area contributed by atoms with Crippen LogP contribution >= 0.6 is 11.6 Å². The Kier molecular flexibility index (Phi) is 5.76. The molecular formula is C21H16ClN3O6. The van der Waals surface area contributed by atoms with Crippen molar-refractivity contribution < 1.29 is 28.6 Å². The van der Waals surface area contributed by atoms with Crippen LogP contribution < -0.4 is 20.2 Å². The van der Waals surface area contributed by atoms with Gasteiger partial charge in [-0.3, -0.25) is 4.79 Å². The second-order valence-electron chi connectivity index (χ2n) is 6.42. The van der Waals surface area contributed by atoms with Crippen LogP contribution in [0.4, 0.5) is 5.69 Å². The number of carbonyl (C=O) groups is 2. The largest absolute Gasteiger partial charge is 0.478 e. The highest BCUT2D eigenvalue weighted by Crippen LogP contribution is 2.34. The van der Waals surface area contributed by atoms with Crippen LogP contribution in [0.15, 0.2) is 58.0 Å². The van der Waals surface area contributed by atoms with Gasteiger partial charge in [-0.2, -0.15) is 5.10 Å². The normalized spacial score (nSPS) is 12.2. The smallest absolute Gasteiger partial charge is 0.337 e. The molecular weight excluding hydrogens is 426 g/mol. The van der Waals surface area contributed by atoms with Gasteiger partial charge in [-0.25, -0.2) is 10.2 Å². The van der Waals surface area contributed by atoms with Crippen molar-refractivity contribution in [3.05, 3.63) is 64.9 Å². The number of carbonyl (C=O) groups excluding carboxylic acids is 1. The number of aromatic carboxylic acids is 1. The highest BCUT2D eigenvalue weighted by molar-refractivity contribution is 6.33. The minimum Gasteiger partial charge on any atom is -0.478 e. The number of fused-ring (bicyclic) bond motifs is 1. The maximum atomic E-state index is 12.0. The number of carboxylic acid groups (broad SMARTS) is 1. The zero-order valence-electron chi connectivity index (χ0n) is 15.9. The lowest BCUT2D eigenvalue weighted by Crippen LogP contribution is -2.25. The first-order valence-corrected chi connectivity index (χ1v) is 9.46. The molecule has 0 bridgehead atoms. The van der Waals surface area contributed by atoms with E-state index in [1.807, 2.05) is 0 Å². The number of halogens is 1. The molecule has 0 saturated carbocycles. The van der Waals surface area contributed by atoms with E-state index in [1.54, 1.807) is 36.4 Å².